The van der Waals surface area contributed by atoms with Crippen molar-refractivity contribution in [2.75, 3.05) is 19.7 Å². The van der Waals surface area contributed by atoms with E-state index in [1.165, 1.54) is 18.4 Å². The topological polar surface area (TPSA) is 107 Å². The van der Waals surface area contributed by atoms with E-state index in [-0.39, 0.29) is 5.91 Å². The van der Waals surface area contributed by atoms with Gasteiger partial charge in [-0.05, 0) is 61.3 Å². The molecule has 34 heavy (non-hydrogen) atoms. The monoisotopic (exact) mass is 465 g/mol. The molecule has 4 N–H and O–H groups in total. The first-order valence-corrected chi connectivity index (χ1v) is 12.2. The molecule has 7 heteroatoms. The third-order valence-electron chi connectivity index (χ3n) is 7.36. The summed E-state index contributed by atoms with van der Waals surface area (Å²) in [5.74, 6) is -0.380. The van der Waals surface area contributed by atoms with Crippen LogP contribution in [0.15, 0.2) is 54.6 Å². The average Bonchev–Trinajstić information content (AvgIpc) is 3.09. The van der Waals surface area contributed by atoms with Crippen LogP contribution in [-0.2, 0) is 11.3 Å². The molecule has 0 radical (unpaired) electrons. The summed E-state index contributed by atoms with van der Waals surface area (Å²) in [5, 5.41) is 19.2. The summed E-state index contributed by atoms with van der Waals surface area (Å²) in [7, 11) is 0. The Morgan fingerprint density at radius 3 is 2.41 bits per heavy atom. The van der Waals surface area contributed by atoms with Gasteiger partial charge in [0, 0.05) is 37.3 Å². The van der Waals surface area contributed by atoms with Crippen LogP contribution >= 0.6 is 0 Å². The zero-order valence-corrected chi connectivity index (χ0v) is 19.6. The van der Waals surface area contributed by atoms with Crippen molar-refractivity contribution in [3.8, 4) is 0 Å². The van der Waals surface area contributed by atoms with Crippen LogP contribution in [0.3, 0.4) is 0 Å². The van der Waals surface area contributed by atoms with Crippen molar-refractivity contribution in [1.82, 2.24) is 9.80 Å². The fourth-order valence-electron chi connectivity index (χ4n) is 5.66. The number of aliphatic hydroxyl groups is 2. The maximum atomic E-state index is 12.6. The number of carbonyl (C=O) groups is 2. The Balaban J connectivity index is 1.35. The van der Waals surface area contributed by atoms with E-state index in [1.807, 2.05) is 42.5 Å². The van der Waals surface area contributed by atoms with Crippen molar-refractivity contribution in [3.05, 3.63) is 71.3 Å². The zero-order valence-electron chi connectivity index (χ0n) is 19.6. The van der Waals surface area contributed by atoms with Crippen LogP contribution in [0.1, 0.15) is 59.5 Å². The lowest BCUT2D eigenvalue weighted by molar-refractivity contribution is -0.142. The highest BCUT2D eigenvalue weighted by molar-refractivity contribution is 5.92. The molecule has 0 spiro atoms. The second-order valence-corrected chi connectivity index (χ2v) is 9.58. The molecule has 2 unspecified atom stereocenters. The van der Waals surface area contributed by atoms with E-state index in [0.29, 0.717) is 36.7 Å². The maximum Gasteiger partial charge on any atom is 0.254 e. The number of hydrogen-bond donors (Lipinski definition) is 3. The minimum atomic E-state index is -1.38. The van der Waals surface area contributed by atoms with Crippen LogP contribution in [0.2, 0.25) is 0 Å². The number of rotatable bonds is 10. The minimum absolute atomic E-state index is 0.386. The van der Waals surface area contributed by atoms with Crippen LogP contribution in [0.5, 0.6) is 0 Å². The maximum absolute atomic E-state index is 12.6. The number of hydrogen-bond acceptors (Lipinski definition) is 5. The highest BCUT2D eigenvalue weighted by Crippen LogP contribution is 2.43. The van der Waals surface area contributed by atoms with Crippen LogP contribution in [-0.4, -0.2) is 69.7 Å². The van der Waals surface area contributed by atoms with Crippen LogP contribution in [0, 0.1) is 0 Å². The number of aliphatic hydroxyl groups excluding tert-OH is 2. The number of carbonyl (C=O) groups excluding carboxylic acids is 2. The highest BCUT2D eigenvalue weighted by atomic mass is 16.3. The smallest absolute Gasteiger partial charge is 0.254 e. The first kappa shape index (κ1) is 24.4. The summed E-state index contributed by atoms with van der Waals surface area (Å²) in [4.78, 5) is 28.5. The standard InChI is InChI=1S/C27H35N3O4/c28-26(33)21-9-4-8-20(14-21)22-15-23-10-11-24(16-22)30(23)13-5-12-29(27(34)25(32)18-31)17-19-6-2-1-3-7-19/h1-4,6-9,14,22-25,31-32H,5,10-13,15-18H2,(H2,28,33)/t22?,23?,24?,25-/m0/s1. The number of fused-ring (bicyclic) bond motifs is 2. The molecule has 182 valence electrons. The van der Waals surface area contributed by atoms with Crippen LogP contribution < -0.4 is 5.73 Å². The minimum Gasteiger partial charge on any atom is -0.393 e. The van der Waals surface area contributed by atoms with E-state index >= 15 is 0 Å². The van der Waals surface area contributed by atoms with Gasteiger partial charge >= 0.3 is 0 Å². The molecule has 2 bridgehead atoms. The number of nitrogens with two attached hydrogens (primary N) is 1. The Kier molecular flexibility index (Phi) is 7.98. The zero-order chi connectivity index (χ0) is 24.1. The van der Waals surface area contributed by atoms with Crippen molar-refractivity contribution in [3.63, 3.8) is 0 Å². The predicted octanol–water partition coefficient (Wildman–Crippen LogP) is 2.27. The van der Waals surface area contributed by atoms with Crippen molar-refractivity contribution in [2.24, 2.45) is 5.73 Å². The molecule has 2 aromatic carbocycles. The largest absolute Gasteiger partial charge is 0.393 e. The first-order chi connectivity index (χ1) is 16.5. The average molecular weight is 466 g/mol. The van der Waals surface area contributed by atoms with Crippen LogP contribution in [0.4, 0.5) is 0 Å². The quantitative estimate of drug-likeness (QED) is 0.499. The summed E-state index contributed by atoms with van der Waals surface area (Å²) in [6, 6.07) is 18.5. The number of primary amides is 1. The number of piperidine rings is 1. The molecule has 2 amide bonds. The molecule has 0 aromatic heterocycles. The second kappa shape index (κ2) is 11.1. The lowest BCUT2D eigenvalue weighted by Gasteiger charge is -2.39. The molecule has 2 fully saturated rings. The van der Waals surface area contributed by atoms with Gasteiger partial charge in [0.1, 0.15) is 0 Å². The fraction of sp³-hybridized carbons (Fsp3) is 0.481. The third-order valence-corrected chi connectivity index (χ3v) is 7.36. The molecule has 2 aliphatic heterocycles. The van der Waals surface area contributed by atoms with E-state index in [2.05, 4.69) is 11.0 Å². The summed E-state index contributed by atoms with van der Waals surface area (Å²) in [5.41, 5.74) is 8.24. The van der Waals surface area contributed by atoms with Crippen molar-refractivity contribution >= 4 is 11.8 Å². The second-order valence-electron chi connectivity index (χ2n) is 9.58. The van der Waals surface area contributed by atoms with Gasteiger partial charge in [0.15, 0.2) is 6.10 Å². The fourth-order valence-corrected chi connectivity index (χ4v) is 5.66. The van der Waals surface area contributed by atoms with Gasteiger partial charge in [-0.25, -0.2) is 0 Å². The van der Waals surface area contributed by atoms with E-state index < -0.39 is 18.6 Å². The Bertz CT molecular complexity index is 969. The Morgan fingerprint density at radius 1 is 1.06 bits per heavy atom. The lowest BCUT2D eigenvalue weighted by Crippen LogP contribution is -2.45. The summed E-state index contributed by atoms with van der Waals surface area (Å²) < 4.78 is 0. The molecule has 0 saturated carbocycles. The van der Waals surface area contributed by atoms with Gasteiger partial charge in [0.05, 0.1) is 6.61 Å². The van der Waals surface area contributed by atoms with Gasteiger partial charge in [-0.1, -0.05) is 42.5 Å². The van der Waals surface area contributed by atoms with Gasteiger partial charge in [0.2, 0.25) is 5.91 Å². The highest BCUT2D eigenvalue weighted by Gasteiger charge is 2.40. The van der Waals surface area contributed by atoms with Gasteiger partial charge in [-0.15, -0.1) is 0 Å². The van der Waals surface area contributed by atoms with E-state index in [9.17, 15) is 19.8 Å². The van der Waals surface area contributed by atoms with Gasteiger partial charge in [-0.2, -0.15) is 0 Å². The van der Waals surface area contributed by atoms with Crippen molar-refractivity contribution in [1.29, 1.82) is 0 Å². The number of benzene rings is 2. The molecule has 3 atom stereocenters. The van der Waals surface area contributed by atoms with Crippen molar-refractivity contribution < 1.29 is 19.8 Å². The third kappa shape index (κ3) is 5.66. The number of amides is 2. The van der Waals surface area contributed by atoms with Crippen molar-refractivity contribution in [2.45, 2.75) is 62.8 Å². The molecular weight excluding hydrogens is 430 g/mol. The first-order valence-electron chi connectivity index (χ1n) is 12.2. The Hall–Kier alpha value is -2.74. The van der Waals surface area contributed by atoms with E-state index in [0.717, 1.165) is 31.4 Å². The Labute approximate surface area is 201 Å². The summed E-state index contributed by atoms with van der Waals surface area (Å²) >= 11 is 0. The molecular formula is C27H35N3O4. The molecule has 2 heterocycles. The predicted molar refractivity (Wildman–Crippen MR) is 130 cm³/mol. The lowest BCUT2D eigenvalue weighted by atomic mass is 9.84. The SMILES string of the molecule is NC(=O)c1cccc(C2CC3CCC(C2)N3CCCN(Cc2ccccc2)C(=O)[C@@H](O)CO)c1. The van der Waals surface area contributed by atoms with Gasteiger partial charge < -0.3 is 20.8 Å². The van der Waals surface area contributed by atoms with Gasteiger partial charge in [0.25, 0.3) is 5.91 Å². The Morgan fingerprint density at radius 2 is 1.76 bits per heavy atom. The van der Waals surface area contributed by atoms with Gasteiger partial charge in [-0.3, -0.25) is 14.5 Å². The molecule has 2 aliphatic rings. The number of nitrogens with zero attached hydrogens (tertiary/aromatic N) is 2. The molecule has 2 saturated heterocycles. The molecule has 2 aromatic rings. The van der Waals surface area contributed by atoms with E-state index in [4.69, 9.17) is 5.73 Å². The van der Waals surface area contributed by atoms with Crippen LogP contribution in [0.25, 0.3) is 0 Å². The molecule has 7 nitrogen and oxygen atoms in total. The normalized spacial score (nSPS) is 22.9. The summed E-state index contributed by atoms with van der Waals surface area (Å²) in [6.07, 6.45) is 3.90. The summed E-state index contributed by atoms with van der Waals surface area (Å²) in [6.45, 7) is 1.28. The van der Waals surface area contributed by atoms with E-state index in [1.54, 1.807) is 11.0 Å². The molecule has 0 aliphatic carbocycles. The molecule has 4 rings (SSSR count).